The van der Waals surface area contributed by atoms with Crippen LogP contribution in [0, 0.1) is 5.92 Å². The van der Waals surface area contributed by atoms with E-state index in [1.54, 1.807) is 12.4 Å². The van der Waals surface area contributed by atoms with Crippen LogP contribution in [0.2, 0.25) is 0 Å². The Morgan fingerprint density at radius 3 is 2.83 bits per heavy atom. The average molecular weight is 349 g/mol. The first-order chi connectivity index (χ1) is 11.4. The summed E-state index contributed by atoms with van der Waals surface area (Å²) in [6, 6.07) is 0. The van der Waals surface area contributed by atoms with Crippen LogP contribution in [0.25, 0.3) is 0 Å². The van der Waals surface area contributed by atoms with Gasteiger partial charge in [0.1, 0.15) is 5.82 Å². The largest absolute Gasteiger partial charge is 0.381 e. The predicted octanol–water partition coefficient (Wildman–Crippen LogP) is 2.71. The van der Waals surface area contributed by atoms with E-state index >= 15 is 0 Å². The number of ether oxygens (including phenoxy) is 1. The summed E-state index contributed by atoms with van der Waals surface area (Å²) in [6.07, 6.45) is 5.47. The number of anilines is 1. The Morgan fingerprint density at radius 2 is 2.17 bits per heavy atom. The minimum absolute atomic E-state index is 0.131. The predicted molar refractivity (Wildman–Crippen MR) is 92.3 cm³/mol. The molecule has 1 aliphatic rings. The van der Waals surface area contributed by atoms with E-state index in [2.05, 4.69) is 19.8 Å². The summed E-state index contributed by atoms with van der Waals surface area (Å²) in [5, 5.41) is 7.62. The monoisotopic (exact) mass is 349 g/mol. The van der Waals surface area contributed by atoms with Crippen LogP contribution in [0.5, 0.6) is 0 Å². The lowest BCUT2D eigenvalue weighted by atomic mass is 9.96. The van der Waals surface area contributed by atoms with Crippen molar-refractivity contribution in [2.45, 2.75) is 45.6 Å². The van der Waals surface area contributed by atoms with Gasteiger partial charge in [-0.1, -0.05) is 20.8 Å². The van der Waals surface area contributed by atoms with Crippen LogP contribution in [0.4, 0.5) is 5.13 Å². The average Bonchev–Trinajstić information content (AvgIpc) is 3.17. The van der Waals surface area contributed by atoms with Crippen molar-refractivity contribution in [1.29, 1.82) is 0 Å². The molecule has 24 heavy (non-hydrogen) atoms. The molecule has 1 saturated heterocycles. The molecule has 2 aromatic rings. The van der Waals surface area contributed by atoms with Crippen molar-refractivity contribution in [3.8, 4) is 0 Å². The number of rotatable bonds is 4. The molecule has 1 fully saturated rings. The number of hydrogen-bond donors (Lipinski definition) is 1. The van der Waals surface area contributed by atoms with E-state index in [9.17, 15) is 4.79 Å². The molecule has 130 valence electrons. The Morgan fingerprint density at radius 1 is 1.42 bits per heavy atom. The third kappa shape index (κ3) is 4.18. The van der Waals surface area contributed by atoms with Crippen molar-refractivity contribution >= 4 is 22.6 Å². The van der Waals surface area contributed by atoms with Gasteiger partial charge in [0.05, 0.1) is 11.8 Å². The first-order valence-electron chi connectivity index (χ1n) is 8.17. The van der Waals surface area contributed by atoms with Gasteiger partial charge >= 0.3 is 0 Å². The van der Waals surface area contributed by atoms with E-state index in [1.807, 2.05) is 25.5 Å². The Bertz CT molecular complexity index is 697. The van der Waals surface area contributed by atoms with E-state index in [4.69, 9.17) is 4.74 Å². The van der Waals surface area contributed by atoms with Crippen molar-refractivity contribution in [2.24, 2.45) is 5.92 Å². The van der Waals surface area contributed by atoms with Gasteiger partial charge in [0.2, 0.25) is 5.13 Å². The van der Waals surface area contributed by atoms with Crippen LogP contribution in [-0.4, -0.2) is 38.3 Å². The van der Waals surface area contributed by atoms with Crippen LogP contribution in [-0.2, 0) is 16.7 Å². The number of carbonyl (C=O) groups is 1. The topological polar surface area (TPSA) is 81.9 Å². The number of aromatic nitrogens is 4. The number of nitrogens with one attached hydrogen (secondary N) is 1. The highest BCUT2D eigenvalue weighted by Crippen LogP contribution is 2.23. The fourth-order valence-corrected chi connectivity index (χ4v) is 3.28. The molecule has 3 heterocycles. The minimum atomic E-state index is -0.204. The van der Waals surface area contributed by atoms with Crippen LogP contribution >= 0.6 is 11.5 Å². The Hall–Kier alpha value is -1.80. The van der Waals surface area contributed by atoms with Gasteiger partial charge in [0, 0.05) is 42.9 Å². The molecule has 0 aromatic carbocycles. The summed E-state index contributed by atoms with van der Waals surface area (Å²) in [5.74, 6) is 1.09. The van der Waals surface area contributed by atoms with Gasteiger partial charge in [0.15, 0.2) is 0 Å². The van der Waals surface area contributed by atoms with Crippen molar-refractivity contribution in [2.75, 3.05) is 18.5 Å². The number of nitrogens with zero attached hydrogens (tertiary/aromatic N) is 4. The summed E-state index contributed by atoms with van der Waals surface area (Å²) in [5.41, 5.74) is 0.406. The van der Waals surface area contributed by atoms with Gasteiger partial charge in [-0.2, -0.15) is 9.47 Å². The first-order valence-corrected chi connectivity index (χ1v) is 8.95. The second-order valence-electron chi connectivity index (χ2n) is 7.13. The molecule has 0 bridgehead atoms. The zero-order valence-electron chi connectivity index (χ0n) is 14.3. The van der Waals surface area contributed by atoms with E-state index in [0.717, 1.165) is 38.4 Å². The van der Waals surface area contributed by atoms with Gasteiger partial charge in [-0.15, -0.1) is 0 Å². The summed E-state index contributed by atoms with van der Waals surface area (Å²) >= 11 is 1.20. The summed E-state index contributed by atoms with van der Waals surface area (Å²) in [6.45, 7) is 8.57. The summed E-state index contributed by atoms with van der Waals surface area (Å²) in [7, 11) is 0. The Kier molecular flexibility index (Phi) is 4.96. The Balaban J connectivity index is 1.60. The third-order valence-electron chi connectivity index (χ3n) is 4.00. The van der Waals surface area contributed by atoms with Crippen molar-refractivity contribution in [1.82, 2.24) is 19.1 Å². The molecule has 0 atom stereocenters. The lowest BCUT2D eigenvalue weighted by molar-refractivity contribution is 0.0601. The number of amides is 1. The maximum absolute atomic E-state index is 12.3. The minimum Gasteiger partial charge on any atom is -0.381 e. The van der Waals surface area contributed by atoms with Gasteiger partial charge in [-0.3, -0.25) is 14.8 Å². The quantitative estimate of drug-likeness (QED) is 0.918. The highest BCUT2D eigenvalue weighted by atomic mass is 32.1. The number of carbonyl (C=O) groups excluding carboxylic acids is 1. The van der Waals surface area contributed by atoms with Crippen molar-refractivity contribution in [3.63, 3.8) is 0 Å². The Labute approximate surface area is 145 Å². The molecule has 0 aliphatic carbocycles. The molecule has 0 spiro atoms. The maximum atomic E-state index is 12.3. The molecule has 1 aliphatic heterocycles. The van der Waals surface area contributed by atoms with E-state index in [-0.39, 0.29) is 11.3 Å². The van der Waals surface area contributed by atoms with E-state index in [1.165, 1.54) is 11.5 Å². The summed E-state index contributed by atoms with van der Waals surface area (Å²) < 4.78 is 11.5. The second kappa shape index (κ2) is 6.98. The second-order valence-corrected chi connectivity index (χ2v) is 7.89. The van der Waals surface area contributed by atoms with Crippen molar-refractivity contribution < 1.29 is 9.53 Å². The van der Waals surface area contributed by atoms with E-state index < -0.39 is 0 Å². The molecule has 1 N–H and O–H groups in total. The molecule has 0 radical (unpaired) electrons. The first kappa shape index (κ1) is 17.0. The van der Waals surface area contributed by atoms with Crippen molar-refractivity contribution in [3.05, 3.63) is 23.8 Å². The molecule has 1 amide bonds. The van der Waals surface area contributed by atoms with Gasteiger partial charge in [-0.25, -0.2) is 4.98 Å². The van der Waals surface area contributed by atoms with Crippen LogP contribution in [0.15, 0.2) is 12.4 Å². The molecule has 0 saturated carbocycles. The van der Waals surface area contributed by atoms with E-state index in [0.29, 0.717) is 16.6 Å². The third-order valence-corrected chi connectivity index (χ3v) is 4.63. The molecular weight excluding hydrogens is 326 g/mol. The standard InChI is InChI=1S/C16H23N5O2S/c1-16(2,3)14-19-15(24-20-14)18-13(22)12-8-17-21(10-12)9-11-4-6-23-7-5-11/h8,10-11H,4-7,9H2,1-3H3,(H,18,19,20,22). The fraction of sp³-hybridized carbons (Fsp3) is 0.625. The smallest absolute Gasteiger partial charge is 0.260 e. The maximum Gasteiger partial charge on any atom is 0.260 e. The fourth-order valence-electron chi connectivity index (χ4n) is 2.52. The zero-order valence-corrected chi connectivity index (χ0v) is 15.1. The molecule has 3 rings (SSSR count). The molecule has 7 nitrogen and oxygen atoms in total. The molecule has 8 heteroatoms. The molecule has 0 unspecified atom stereocenters. The molecule has 2 aromatic heterocycles. The van der Waals surface area contributed by atoms with Crippen LogP contribution in [0.3, 0.4) is 0 Å². The lowest BCUT2D eigenvalue weighted by Crippen LogP contribution is -2.20. The number of hydrogen-bond acceptors (Lipinski definition) is 6. The van der Waals surface area contributed by atoms with Crippen LogP contribution < -0.4 is 5.32 Å². The highest BCUT2D eigenvalue weighted by molar-refractivity contribution is 7.09. The van der Waals surface area contributed by atoms with Crippen LogP contribution in [0.1, 0.15) is 49.8 Å². The SMILES string of the molecule is CC(C)(C)c1nsc(NC(=O)c2cnn(CC3CCOCC3)c2)n1. The normalized spacial score (nSPS) is 16.3. The van der Waals surface area contributed by atoms with Gasteiger partial charge in [-0.05, 0) is 18.8 Å². The zero-order chi connectivity index (χ0) is 17.2. The molecular formula is C16H23N5O2S. The van der Waals surface area contributed by atoms with Gasteiger partial charge < -0.3 is 4.74 Å². The van der Waals surface area contributed by atoms with Gasteiger partial charge in [0.25, 0.3) is 5.91 Å². The summed E-state index contributed by atoms with van der Waals surface area (Å²) in [4.78, 5) is 16.7. The highest BCUT2D eigenvalue weighted by Gasteiger charge is 2.21. The lowest BCUT2D eigenvalue weighted by Gasteiger charge is -2.21.